The van der Waals surface area contributed by atoms with E-state index < -0.39 is 53.3 Å². The number of carbonyl (C=O) groups is 3. The Morgan fingerprint density at radius 2 is 1.84 bits per heavy atom. The molecule has 1 saturated heterocycles. The van der Waals surface area contributed by atoms with Gasteiger partial charge in [0.2, 0.25) is 0 Å². The van der Waals surface area contributed by atoms with Gasteiger partial charge in [-0.2, -0.15) is 0 Å². The number of fused-ring (bicyclic) bond motifs is 1. The van der Waals surface area contributed by atoms with Crippen molar-refractivity contribution in [3.05, 3.63) is 35.1 Å². The molecule has 0 radical (unpaired) electrons. The lowest BCUT2D eigenvalue weighted by atomic mass is 9.54. The summed E-state index contributed by atoms with van der Waals surface area (Å²) < 4.78 is 16.1. The molecule has 2 unspecified atom stereocenters. The van der Waals surface area contributed by atoms with Crippen LogP contribution >= 0.6 is 0 Å². The zero-order valence-corrected chi connectivity index (χ0v) is 20.9. The maximum absolute atomic E-state index is 12.8. The predicted molar refractivity (Wildman–Crippen MR) is 125 cm³/mol. The van der Waals surface area contributed by atoms with E-state index in [0.29, 0.717) is 18.5 Å². The fraction of sp³-hybridized carbons (Fsp3) is 0.560. The zero-order chi connectivity index (χ0) is 27.4. The van der Waals surface area contributed by atoms with Crippen molar-refractivity contribution < 1.29 is 54.1 Å². The molecule has 2 aliphatic heterocycles. The topological polar surface area (TPSA) is 183 Å². The number of esters is 2. The molecule has 1 aromatic carbocycles. The molecule has 3 aliphatic rings. The Morgan fingerprint density at radius 1 is 1.19 bits per heavy atom. The van der Waals surface area contributed by atoms with Crippen LogP contribution in [0.3, 0.4) is 0 Å². The highest BCUT2D eigenvalue weighted by Crippen LogP contribution is 2.62. The van der Waals surface area contributed by atoms with Crippen LogP contribution in [0, 0.1) is 6.92 Å². The van der Waals surface area contributed by atoms with E-state index in [1.54, 1.807) is 6.07 Å². The van der Waals surface area contributed by atoms with Gasteiger partial charge in [-0.1, -0.05) is 6.07 Å². The number of ether oxygens (including phenoxy) is 3. The van der Waals surface area contributed by atoms with Gasteiger partial charge >= 0.3 is 17.9 Å². The molecule has 0 aromatic heterocycles. The first-order valence-electron chi connectivity index (χ1n) is 11.9. The van der Waals surface area contributed by atoms with Gasteiger partial charge < -0.3 is 44.6 Å². The normalized spacial score (nSPS) is 30.9. The summed E-state index contributed by atoms with van der Waals surface area (Å²) in [5, 5.41) is 51.9. The molecule has 0 bridgehead atoms. The molecule has 5 N–H and O–H groups in total. The van der Waals surface area contributed by atoms with Gasteiger partial charge in [-0.05, 0) is 58.5 Å². The molecule has 1 spiro atoms. The second-order valence-electron chi connectivity index (χ2n) is 9.94. The van der Waals surface area contributed by atoms with Crippen LogP contribution in [0.5, 0.6) is 11.5 Å². The Labute approximate surface area is 212 Å². The number of rotatable bonds is 6. The monoisotopic (exact) mass is 521 g/mol. The SMILES string of the molecule is Cc1ccc(O)c2c1C13CCN(C)[C@H](C)[C@]1(O)CC=C(OC(=O)[C@H](O)[C@@H](O)C(=O)O[C@@H](C)C(=O)O)C3O2. The molecule has 2 heterocycles. The fourth-order valence-electron chi connectivity index (χ4n) is 5.73. The summed E-state index contributed by atoms with van der Waals surface area (Å²) in [6, 6.07) is 2.84. The van der Waals surface area contributed by atoms with E-state index in [1.165, 1.54) is 12.1 Å². The second kappa shape index (κ2) is 9.28. The molecular weight excluding hydrogens is 490 g/mol. The molecule has 12 nitrogen and oxygen atoms in total. The average molecular weight is 522 g/mol. The Kier molecular flexibility index (Phi) is 6.74. The van der Waals surface area contributed by atoms with Crippen LogP contribution in [-0.2, 0) is 29.3 Å². The quantitative estimate of drug-likeness (QED) is 0.309. The number of piperidine rings is 1. The number of aliphatic hydroxyl groups is 3. The number of benzene rings is 1. The lowest BCUT2D eigenvalue weighted by molar-refractivity contribution is -0.181. The number of carbonyl (C=O) groups excluding carboxylic acids is 2. The van der Waals surface area contributed by atoms with Gasteiger partial charge in [0.1, 0.15) is 5.76 Å². The van der Waals surface area contributed by atoms with Crippen LogP contribution < -0.4 is 4.74 Å². The number of hydrogen-bond donors (Lipinski definition) is 5. The molecule has 1 aromatic rings. The number of aliphatic hydroxyl groups excluding tert-OH is 2. The van der Waals surface area contributed by atoms with Crippen molar-refractivity contribution in [2.24, 2.45) is 0 Å². The molecule has 202 valence electrons. The summed E-state index contributed by atoms with van der Waals surface area (Å²) in [5.74, 6) is -4.44. The molecule has 0 amide bonds. The zero-order valence-electron chi connectivity index (χ0n) is 20.9. The summed E-state index contributed by atoms with van der Waals surface area (Å²) in [7, 11) is 1.89. The number of carboxylic acids is 1. The van der Waals surface area contributed by atoms with E-state index >= 15 is 0 Å². The van der Waals surface area contributed by atoms with E-state index in [0.717, 1.165) is 12.5 Å². The number of aryl methyl sites for hydroxylation is 1. The number of carboxylic acid groups (broad SMARTS) is 1. The third kappa shape index (κ3) is 3.95. The Hall–Kier alpha value is -3.19. The first-order valence-corrected chi connectivity index (χ1v) is 11.9. The van der Waals surface area contributed by atoms with Crippen molar-refractivity contribution in [1.29, 1.82) is 0 Å². The highest BCUT2D eigenvalue weighted by molar-refractivity contribution is 5.87. The van der Waals surface area contributed by atoms with E-state index in [4.69, 9.17) is 14.6 Å². The van der Waals surface area contributed by atoms with Crippen LogP contribution in [0.15, 0.2) is 24.0 Å². The second-order valence-corrected chi connectivity index (χ2v) is 9.94. The number of hydrogen-bond acceptors (Lipinski definition) is 11. The van der Waals surface area contributed by atoms with Crippen molar-refractivity contribution in [1.82, 2.24) is 4.90 Å². The van der Waals surface area contributed by atoms with Crippen molar-refractivity contribution in [2.45, 2.75) is 75.1 Å². The summed E-state index contributed by atoms with van der Waals surface area (Å²) in [4.78, 5) is 37.6. The molecular formula is C25H31NO11. The third-order valence-corrected chi connectivity index (χ3v) is 7.97. The maximum Gasteiger partial charge on any atom is 0.344 e. The molecule has 0 saturated carbocycles. The lowest BCUT2D eigenvalue weighted by Gasteiger charge is -2.58. The largest absolute Gasteiger partial charge is 0.504 e. The number of phenols is 1. The fourth-order valence-corrected chi connectivity index (χ4v) is 5.73. The number of likely N-dealkylation sites (tertiary alicyclic amines) is 1. The summed E-state index contributed by atoms with van der Waals surface area (Å²) in [5.41, 5.74) is -1.11. The number of aliphatic carboxylic acids is 1. The minimum Gasteiger partial charge on any atom is -0.504 e. The number of aromatic hydroxyl groups is 1. The van der Waals surface area contributed by atoms with Gasteiger partial charge in [0.05, 0.1) is 11.0 Å². The molecule has 4 rings (SSSR count). The minimum atomic E-state index is -2.40. The maximum atomic E-state index is 12.8. The summed E-state index contributed by atoms with van der Waals surface area (Å²) in [6.07, 6.45) is -5.56. The van der Waals surface area contributed by atoms with Gasteiger partial charge in [0.25, 0.3) is 0 Å². The van der Waals surface area contributed by atoms with Crippen molar-refractivity contribution in [3.63, 3.8) is 0 Å². The summed E-state index contributed by atoms with van der Waals surface area (Å²) in [6.45, 7) is 5.31. The van der Waals surface area contributed by atoms with Gasteiger partial charge in [0, 0.05) is 18.0 Å². The highest BCUT2D eigenvalue weighted by Gasteiger charge is 2.69. The van der Waals surface area contributed by atoms with Gasteiger partial charge in [0.15, 0.2) is 35.9 Å². The Bertz CT molecular complexity index is 1170. The molecule has 37 heavy (non-hydrogen) atoms. The molecule has 1 aliphatic carbocycles. The average Bonchev–Trinajstić information content (AvgIpc) is 3.22. The molecule has 7 atom stereocenters. The highest BCUT2D eigenvalue weighted by atomic mass is 16.6. The summed E-state index contributed by atoms with van der Waals surface area (Å²) >= 11 is 0. The van der Waals surface area contributed by atoms with Crippen molar-refractivity contribution in [2.75, 3.05) is 13.6 Å². The van der Waals surface area contributed by atoms with Crippen molar-refractivity contribution in [3.8, 4) is 11.5 Å². The first kappa shape index (κ1) is 26.9. The smallest absolute Gasteiger partial charge is 0.344 e. The predicted octanol–water partition coefficient (Wildman–Crippen LogP) is -0.277. The standard InChI is InChI=1S/C25H31NO11/c1-11-5-6-14(27)19-16(11)24-9-10-26(4)13(3)25(24,34)8-7-15(20(24)37-19)36-23(33)18(29)17(28)22(32)35-12(2)21(30)31/h5-7,12-13,17-18,20,27-29,34H,8-10H2,1-4H3,(H,30,31)/t12-,13+,17+,18+,20?,24?,25+/m0/s1. The minimum absolute atomic E-state index is 0.0479. The van der Waals surface area contributed by atoms with Crippen molar-refractivity contribution >= 4 is 17.9 Å². The lowest BCUT2D eigenvalue weighted by Crippen LogP contribution is -2.71. The van der Waals surface area contributed by atoms with E-state index in [2.05, 4.69) is 4.74 Å². The van der Waals surface area contributed by atoms with Crippen LogP contribution in [-0.4, -0.2) is 98.0 Å². The van der Waals surface area contributed by atoms with Crippen LogP contribution in [0.25, 0.3) is 0 Å². The third-order valence-electron chi connectivity index (χ3n) is 7.97. The van der Waals surface area contributed by atoms with Crippen LogP contribution in [0.2, 0.25) is 0 Å². The first-order chi connectivity index (χ1) is 17.3. The van der Waals surface area contributed by atoms with E-state index in [-0.39, 0.29) is 29.7 Å². The number of likely N-dealkylation sites (N-methyl/N-ethyl adjacent to an activating group) is 1. The van der Waals surface area contributed by atoms with Crippen LogP contribution in [0.1, 0.15) is 37.8 Å². The van der Waals surface area contributed by atoms with Gasteiger partial charge in [-0.15, -0.1) is 0 Å². The Balaban J connectivity index is 1.66. The number of nitrogens with zero attached hydrogens (tertiary/aromatic N) is 1. The van der Waals surface area contributed by atoms with E-state index in [9.17, 15) is 34.8 Å². The molecule has 12 heteroatoms. The van der Waals surface area contributed by atoms with Crippen LogP contribution in [0.4, 0.5) is 0 Å². The number of phenolic OH excluding ortho intramolecular Hbond substituents is 1. The Morgan fingerprint density at radius 3 is 2.49 bits per heavy atom. The van der Waals surface area contributed by atoms with E-state index in [1.807, 2.05) is 25.8 Å². The van der Waals surface area contributed by atoms with Gasteiger partial charge in [-0.25, -0.2) is 14.4 Å². The van der Waals surface area contributed by atoms with Gasteiger partial charge in [-0.3, -0.25) is 0 Å². The molecule has 1 fully saturated rings.